The van der Waals surface area contributed by atoms with Crippen LogP contribution in [0, 0.1) is 17.0 Å². The minimum atomic E-state index is -0.462. The van der Waals surface area contributed by atoms with Crippen molar-refractivity contribution < 1.29 is 9.72 Å². The van der Waals surface area contributed by atoms with Crippen molar-refractivity contribution in [3.05, 3.63) is 88.3 Å². The zero-order valence-electron chi connectivity index (χ0n) is 17.6. The van der Waals surface area contributed by atoms with Crippen LogP contribution in [0.25, 0.3) is 0 Å². The zero-order valence-corrected chi connectivity index (χ0v) is 19.2. The first-order chi connectivity index (χ1) is 15.5. The van der Waals surface area contributed by atoms with Crippen LogP contribution in [0.4, 0.5) is 11.4 Å². The molecule has 0 aliphatic carbocycles. The molecule has 1 N–H and O–H groups in total. The summed E-state index contributed by atoms with van der Waals surface area (Å²) in [6.07, 6.45) is 1.78. The number of hydrogen-bond acceptors (Lipinski definition) is 7. The number of non-ortho nitro benzene ring substituents is 1. The van der Waals surface area contributed by atoms with Crippen molar-refractivity contribution in [2.24, 2.45) is 0 Å². The van der Waals surface area contributed by atoms with Gasteiger partial charge in [0.2, 0.25) is 5.91 Å². The number of carbonyl (C=O) groups is 1. The van der Waals surface area contributed by atoms with E-state index < -0.39 is 4.92 Å². The van der Waals surface area contributed by atoms with Crippen molar-refractivity contribution in [1.82, 2.24) is 14.8 Å². The Morgan fingerprint density at radius 2 is 2.00 bits per heavy atom. The molecule has 0 saturated carbocycles. The molecule has 0 saturated heterocycles. The first-order valence-electron chi connectivity index (χ1n) is 9.80. The van der Waals surface area contributed by atoms with E-state index in [1.54, 1.807) is 24.8 Å². The molecule has 32 heavy (non-hydrogen) atoms. The van der Waals surface area contributed by atoms with Crippen LogP contribution in [0.15, 0.2) is 66.3 Å². The molecule has 1 aromatic heterocycles. The van der Waals surface area contributed by atoms with Crippen LogP contribution in [-0.4, -0.2) is 31.3 Å². The summed E-state index contributed by atoms with van der Waals surface area (Å²) < 4.78 is 1.96. The molecule has 0 radical (unpaired) electrons. The second-order valence-corrected chi connectivity index (χ2v) is 8.80. The smallest absolute Gasteiger partial charge is 0.269 e. The molecule has 3 rings (SSSR count). The van der Waals surface area contributed by atoms with Gasteiger partial charge in [0.25, 0.3) is 5.69 Å². The highest BCUT2D eigenvalue weighted by Crippen LogP contribution is 2.24. The third-order valence-corrected chi connectivity index (χ3v) is 6.44. The molecule has 1 heterocycles. The van der Waals surface area contributed by atoms with Gasteiger partial charge in [-0.1, -0.05) is 48.2 Å². The second kappa shape index (κ2) is 11.5. The number of benzene rings is 2. The van der Waals surface area contributed by atoms with Crippen LogP contribution >= 0.6 is 23.5 Å². The number of nitro benzene ring substituents is 1. The minimum Gasteiger partial charge on any atom is -0.325 e. The Kier molecular flexibility index (Phi) is 8.46. The summed E-state index contributed by atoms with van der Waals surface area (Å²) in [5.74, 6) is 2.33. The zero-order chi connectivity index (χ0) is 22.9. The Morgan fingerprint density at radius 1 is 1.22 bits per heavy atom. The highest BCUT2D eigenvalue weighted by molar-refractivity contribution is 7.99. The Labute approximate surface area is 194 Å². The summed E-state index contributed by atoms with van der Waals surface area (Å²) in [5.41, 5.74) is 2.42. The van der Waals surface area contributed by atoms with E-state index >= 15 is 0 Å². The lowest BCUT2D eigenvalue weighted by Gasteiger charge is -2.09. The summed E-state index contributed by atoms with van der Waals surface area (Å²) in [7, 11) is 0. The molecule has 0 aliphatic heterocycles. The number of aromatic nitrogens is 3. The Hall–Kier alpha value is -3.11. The van der Waals surface area contributed by atoms with Crippen LogP contribution in [0.5, 0.6) is 0 Å². The van der Waals surface area contributed by atoms with Gasteiger partial charge in [0.1, 0.15) is 5.82 Å². The lowest BCUT2D eigenvalue weighted by Crippen LogP contribution is -2.15. The van der Waals surface area contributed by atoms with Crippen molar-refractivity contribution in [1.29, 1.82) is 0 Å². The van der Waals surface area contributed by atoms with Crippen molar-refractivity contribution >= 4 is 40.8 Å². The summed E-state index contributed by atoms with van der Waals surface area (Å²) in [5, 5.41) is 22.8. The number of allylic oxidation sites excluding steroid dienone is 1. The number of nitrogens with one attached hydrogen (secondary N) is 1. The fourth-order valence-electron chi connectivity index (χ4n) is 2.90. The van der Waals surface area contributed by atoms with Gasteiger partial charge in [0.15, 0.2) is 5.16 Å². The van der Waals surface area contributed by atoms with Gasteiger partial charge in [-0.15, -0.1) is 28.5 Å². The molecule has 10 heteroatoms. The van der Waals surface area contributed by atoms with Gasteiger partial charge in [-0.2, -0.15) is 0 Å². The first-order valence-corrected chi connectivity index (χ1v) is 11.9. The molecule has 0 atom stereocenters. The number of carbonyl (C=O) groups excluding carboxylic acids is 1. The van der Waals surface area contributed by atoms with Crippen molar-refractivity contribution in [3.8, 4) is 0 Å². The van der Waals surface area contributed by atoms with Crippen LogP contribution in [0.3, 0.4) is 0 Å². The maximum atomic E-state index is 12.4. The van der Waals surface area contributed by atoms with Crippen molar-refractivity contribution in [3.63, 3.8) is 0 Å². The lowest BCUT2D eigenvalue weighted by molar-refractivity contribution is -0.384. The van der Waals surface area contributed by atoms with Gasteiger partial charge in [-0.3, -0.25) is 14.9 Å². The molecule has 0 aliphatic rings. The van der Waals surface area contributed by atoms with E-state index in [2.05, 4.69) is 34.2 Å². The highest BCUT2D eigenvalue weighted by atomic mass is 32.2. The summed E-state index contributed by atoms with van der Waals surface area (Å²) in [6.45, 7) is 6.08. The molecular weight excluding hydrogens is 446 g/mol. The molecule has 3 aromatic rings. The van der Waals surface area contributed by atoms with Gasteiger partial charge < -0.3 is 9.88 Å². The van der Waals surface area contributed by atoms with Crippen LogP contribution in [0.1, 0.15) is 17.0 Å². The number of rotatable bonds is 11. The molecule has 0 bridgehead atoms. The molecule has 1 amide bonds. The highest BCUT2D eigenvalue weighted by Gasteiger charge is 2.15. The molecule has 0 fully saturated rings. The van der Waals surface area contributed by atoms with E-state index in [4.69, 9.17) is 0 Å². The average molecular weight is 470 g/mol. The number of thioether (sulfide) groups is 2. The Balaban J connectivity index is 1.57. The molecule has 2 aromatic carbocycles. The van der Waals surface area contributed by atoms with Crippen molar-refractivity contribution in [2.75, 3.05) is 11.1 Å². The summed E-state index contributed by atoms with van der Waals surface area (Å²) in [6, 6.07) is 14.6. The predicted octanol–water partition coefficient (Wildman–Crippen LogP) is 4.84. The number of hydrogen-bond donors (Lipinski definition) is 1. The maximum Gasteiger partial charge on any atom is 0.269 e. The number of aryl methyl sites for hydroxylation is 1. The molecule has 0 spiro atoms. The number of anilines is 1. The molecule has 0 unspecified atom stereocenters. The fourth-order valence-corrected chi connectivity index (χ4v) is 4.59. The molecular formula is C22H23N5O3S2. The van der Waals surface area contributed by atoms with Crippen LogP contribution in [0.2, 0.25) is 0 Å². The van der Waals surface area contributed by atoms with Gasteiger partial charge >= 0.3 is 0 Å². The summed E-state index contributed by atoms with van der Waals surface area (Å²) >= 11 is 3.04. The first kappa shape index (κ1) is 23.6. The molecule has 166 valence electrons. The van der Waals surface area contributed by atoms with Crippen LogP contribution in [-0.2, 0) is 22.8 Å². The fraction of sp³-hybridized carbons (Fsp3) is 0.227. The Bertz CT molecular complexity index is 1100. The maximum absolute atomic E-state index is 12.4. The molecule has 8 nitrogen and oxygen atoms in total. The van der Waals surface area contributed by atoms with E-state index in [0.717, 1.165) is 11.6 Å². The topological polar surface area (TPSA) is 103 Å². The largest absolute Gasteiger partial charge is 0.325 e. The Morgan fingerprint density at radius 3 is 2.69 bits per heavy atom. The SMILES string of the molecule is C=CCn1c(CSCc2ccccc2)nnc1SCC(=O)Nc1ccc([N+](=O)[O-])cc1C. The average Bonchev–Trinajstić information content (AvgIpc) is 3.16. The van der Waals surface area contributed by atoms with E-state index in [0.29, 0.717) is 28.7 Å². The third-order valence-electron chi connectivity index (χ3n) is 4.48. The lowest BCUT2D eigenvalue weighted by atomic mass is 10.2. The number of nitro groups is 1. The van der Waals surface area contributed by atoms with Gasteiger partial charge in [-0.05, 0) is 24.1 Å². The normalized spacial score (nSPS) is 10.7. The van der Waals surface area contributed by atoms with E-state index in [9.17, 15) is 14.9 Å². The van der Waals surface area contributed by atoms with Gasteiger partial charge in [0, 0.05) is 30.1 Å². The predicted molar refractivity (Wildman–Crippen MR) is 129 cm³/mol. The quantitative estimate of drug-likeness (QED) is 0.185. The minimum absolute atomic E-state index is 0.00920. The van der Waals surface area contributed by atoms with E-state index in [-0.39, 0.29) is 17.3 Å². The summed E-state index contributed by atoms with van der Waals surface area (Å²) in [4.78, 5) is 22.8. The van der Waals surface area contributed by atoms with Crippen molar-refractivity contribution in [2.45, 2.75) is 30.1 Å². The van der Waals surface area contributed by atoms with Crippen LogP contribution < -0.4 is 5.32 Å². The van der Waals surface area contributed by atoms with E-state index in [1.165, 1.54) is 35.5 Å². The number of nitrogens with zero attached hydrogens (tertiary/aromatic N) is 4. The standard InChI is InChI=1S/C22H23N5O3S2/c1-3-11-26-20(14-31-13-17-7-5-4-6-8-17)24-25-22(26)32-15-21(28)23-19-10-9-18(27(29)30)12-16(19)2/h3-10,12H,1,11,13-15H2,2H3,(H,23,28). The second-order valence-electron chi connectivity index (χ2n) is 6.87. The monoisotopic (exact) mass is 469 g/mol. The third kappa shape index (κ3) is 6.44. The van der Waals surface area contributed by atoms with Gasteiger partial charge in [0.05, 0.1) is 16.4 Å². The van der Waals surface area contributed by atoms with E-state index in [1.807, 2.05) is 22.8 Å². The van der Waals surface area contributed by atoms with Gasteiger partial charge in [-0.25, -0.2) is 0 Å². The number of amides is 1.